The van der Waals surface area contributed by atoms with Crippen LogP contribution < -0.4 is 9.86 Å². The van der Waals surface area contributed by atoms with Crippen LogP contribution in [0.5, 0.6) is 0 Å². The molecule has 0 aliphatic heterocycles. The molecule has 0 aliphatic carbocycles. The third-order valence-corrected chi connectivity index (χ3v) is 8.99. The Hall–Kier alpha value is -1.78. The van der Waals surface area contributed by atoms with Crippen LogP contribution in [0.1, 0.15) is 13.3 Å². The number of benzene rings is 2. The maximum atomic E-state index is 13.2. The number of alkyl halides is 3. The van der Waals surface area contributed by atoms with Gasteiger partial charge in [-0.25, -0.2) is 22.0 Å². The van der Waals surface area contributed by atoms with Crippen molar-refractivity contribution in [3.63, 3.8) is 0 Å². The van der Waals surface area contributed by atoms with Crippen LogP contribution in [0.4, 0.5) is 13.2 Å². The number of sulfone groups is 1. The van der Waals surface area contributed by atoms with Gasteiger partial charge in [-0.05, 0) is 42.3 Å². The lowest BCUT2D eigenvalue weighted by Crippen LogP contribution is -2.35. The Morgan fingerprint density at radius 2 is 1.73 bits per heavy atom. The Bertz CT molecular complexity index is 1210. The monoisotopic (exact) mass is 544 g/mol. The number of hydrogen-bond acceptors (Lipinski definition) is 8. The van der Waals surface area contributed by atoms with E-state index in [0.29, 0.717) is 18.0 Å². The van der Waals surface area contributed by atoms with E-state index in [9.17, 15) is 39.9 Å². The number of carboxylic acid groups (broad SMARTS) is 1. The molecule has 8 nitrogen and oxygen atoms in total. The largest absolute Gasteiger partial charge is 0.501 e. The van der Waals surface area contributed by atoms with Crippen molar-refractivity contribution in [3.8, 4) is 0 Å². The SMILES string of the molecule is CC(Sc1ccccc1)[C@@H](CC(=O)O)NSc1ccc(S(N)(=O)=O)cc1S(=O)(=O)C(F)(F)F. The van der Waals surface area contributed by atoms with Crippen LogP contribution in [0.2, 0.25) is 0 Å². The Balaban J connectivity index is 2.39. The zero-order valence-electron chi connectivity index (χ0n) is 16.8. The number of carbonyl (C=O) groups is 1. The number of primary sulfonamides is 1. The summed E-state index contributed by atoms with van der Waals surface area (Å²) in [5, 5.41) is 13.8. The number of hydrogen-bond donors (Lipinski definition) is 3. The molecule has 4 N–H and O–H groups in total. The maximum absolute atomic E-state index is 13.2. The quantitative estimate of drug-likeness (QED) is 0.303. The summed E-state index contributed by atoms with van der Waals surface area (Å²) in [7, 11) is -10.4. The van der Waals surface area contributed by atoms with Gasteiger partial charge in [0.15, 0.2) is 0 Å². The molecule has 1 unspecified atom stereocenters. The number of aliphatic carboxylic acids is 1. The van der Waals surface area contributed by atoms with E-state index in [0.717, 1.165) is 17.0 Å². The van der Waals surface area contributed by atoms with Gasteiger partial charge in [-0.2, -0.15) is 13.2 Å². The second-order valence-electron chi connectivity index (χ2n) is 6.66. The molecule has 0 spiro atoms. The van der Waals surface area contributed by atoms with Gasteiger partial charge in [0.05, 0.1) is 16.2 Å². The van der Waals surface area contributed by atoms with E-state index in [1.165, 1.54) is 11.8 Å². The van der Waals surface area contributed by atoms with E-state index in [4.69, 9.17) is 5.14 Å². The summed E-state index contributed by atoms with van der Waals surface area (Å²) in [6.45, 7) is 1.70. The Labute approximate surface area is 197 Å². The van der Waals surface area contributed by atoms with Gasteiger partial charge in [0.1, 0.15) is 0 Å². The van der Waals surface area contributed by atoms with E-state index in [-0.39, 0.29) is 5.25 Å². The summed E-state index contributed by atoms with van der Waals surface area (Å²) in [6.07, 6.45) is -0.412. The molecular formula is C18H19F3N2O6S4. The van der Waals surface area contributed by atoms with Crippen molar-refractivity contribution in [1.82, 2.24) is 4.72 Å². The minimum Gasteiger partial charge on any atom is -0.481 e. The second kappa shape index (κ2) is 10.7. The number of thioether (sulfide) groups is 1. The first kappa shape index (κ1) is 27.5. The molecule has 2 atom stereocenters. The van der Waals surface area contributed by atoms with E-state index >= 15 is 0 Å². The number of nitrogens with one attached hydrogen (secondary N) is 1. The van der Waals surface area contributed by atoms with E-state index < -0.39 is 58.5 Å². The highest BCUT2D eigenvalue weighted by molar-refractivity contribution is 8.00. The van der Waals surface area contributed by atoms with Gasteiger partial charge in [-0.1, -0.05) is 25.1 Å². The minimum absolute atomic E-state index is 0.330. The van der Waals surface area contributed by atoms with Crippen LogP contribution in [0.3, 0.4) is 0 Å². The molecular weight excluding hydrogens is 525 g/mol. The van der Waals surface area contributed by atoms with Crippen molar-refractivity contribution in [3.05, 3.63) is 48.5 Å². The van der Waals surface area contributed by atoms with Crippen molar-refractivity contribution in [1.29, 1.82) is 0 Å². The molecule has 0 aliphatic rings. The van der Waals surface area contributed by atoms with Gasteiger partial charge in [-0.15, -0.1) is 11.8 Å². The number of nitrogens with two attached hydrogens (primary N) is 1. The van der Waals surface area contributed by atoms with Crippen LogP contribution in [-0.4, -0.2) is 44.7 Å². The first-order chi connectivity index (χ1) is 15.1. The zero-order valence-corrected chi connectivity index (χ0v) is 20.1. The number of sulfonamides is 1. The lowest BCUT2D eigenvalue weighted by atomic mass is 10.2. The number of halogens is 3. The van der Waals surface area contributed by atoms with Crippen molar-refractivity contribution in [2.45, 2.75) is 49.7 Å². The molecule has 182 valence electrons. The van der Waals surface area contributed by atoms with Gasteiger partial charge in [0, 0.05) is 21.1 Å². The van der Waals surface area contributed by atoms with Crippen LogP contribution in [0.15, 0.2) is 68.1 Å². The summed E-state index contributed by atoms with van der Waals surface area (Å²) >= 11 is 1.77. The van der Waals surface area contributed by atoms with Gasteiger partial charge in [-0.3, -0.25) is 9.52 Å². The normalized spacial score (nSPS) is 14.6. The number of rotatable bonds is 10. The molecule has 0 heterocycles. The van der Waals surface area contributed by atoms with E-state index in [1.54, 1.807) is 37.3 Å². The lowest BCUT2D eigenvalue weighted by Gasteiger charge is -2.23. The topological polar surface area (TPSA) is 144 Å². The summed E-state index contributed by atoms with van der Waals surface area (Å²) in [4.78, 5) is 9.54. The number of carboxylic acids is 1. The maximum Gasteiger partial charge on any atom is 0.501 e. The fourth-order valence-electron chi connectivity index (χ4n) is 2.51. The Morgan fingerprint density at radius 3 is 2.24 bits per heavy atom. The summed E-state index contributed by atoms with van der Waals surface area (Å²) in [6, 6.07) is 10.2. The highest BCUT2D eigenvalue weighted by atomic mass is 32.2. The molecule has 2 aromatic carbocycles. The molecule has 0 saturated heterocycles. The van der Waals surface area contributed by atoms with Crippen LogP contribution in [0, 0.1) is 0 Å². The average Bonchev–Trinajstić information content (AvgIpc) is 2.69. The zero-order chi connectivity index (χ0) is 25.0. The van der Waals surface area contributed by atoms with Crippen LogP contribution in [0.25, 0.3) is 0 Å². The molecule has 0 amide bonds. The summed E-state index contributed by atoms with van der Waals surface area (Å²) in [5.74, 6) is -1.18. The third-order valence-electron chi connectivity index (χ3n) is 4.18. The molecule has 15 heteroatoms. The van der Waals surface area contributed by atoms with Crippen LogP contribution in [-0.2, 0) is 24.7 Å². The van der Waals surface area contributed by atoms with Crippen LogP contribution >= 0.6 is 23.7 Å². The standard InChI is InChI=1S/C18H19F3N2O6S4/c1-11(30-12-5-3-2-4-6-12)14(10-17(24)25)23-31-15-8-7-13(33(22,28)29)9-16(15)32(26,27)18(19,20)21/h2-9,11,14,23H,10H2,1H3,(H,24,25)(H2,22,28,29)/t11?,14-/m1/s1. The predicted octanol–water partition coefficient (Wildman–Crippen LogP) is 3.25. The molecule has 2 aromatic rings. The van der Waals surface area contributed by atoms with Gasteiger partial charge in [0.2, 0.25) is 10.0 Å². The van der Waals surface area contributed by atoms with Crippen molar-refractivity contribution in [2.24, 2.45) is 5.14 Å². The third kappa shape index (κ3) is 7.35. The van der Waals surface area contributed by atoms with E-state index in [2.05, 4.69) is 4.72 Å². The first-order valence-corrected chi connectivity index (χ1v) is 13.7. The Kier molecular flexibility index (Phi) is 8.86. The molecule has 0 aromatic heterocycles. The first-order valence-electron chi connectivity index (χ1n) is 8.97. The van der Waals surface area contributed by atoms with Crippen molar-refractivity contribution < 1.29 is 39.9 Å². The lowest BCUT2D eigenvalue weighted by molar-refractivity contribution is -0.137. The van der Waals surface area contributed by atoms with Crippen molar-refractivity contribution in [2.75, 3.05) is 0 Å². The molecule has 0 saturated carbocycles. The van der Waals surface area contributed by atoms with Gasteiger partial charge >= 0.3 is 11.5 Å². The fraction of sp³-hybridized carbons (Fsp3) is 0.278. The fourth-order valence-corrected chi connectivity index (χ4v) is 6.46. The smallest absolute Gasteiger partial charge is 0.481 e. The van der Waals surface area contributed by atoms with Crippen molar-refractivity contribution >= 4 is 49.5 Å². The molecule has 0 fully saturated rings. The molecule has 2 rings (SSSR count). The van der Waals surface area contributed by atoms with Gasteiger partial charge < -0.3 is 5.11 Å². The highest BCUT2D eigenvalue weighted by Crippen LogP contribution is 2.37. The molecule has 33 heavy (non-hydrogen) atoms. The van der Waals surface area contributed by atoms with E-state index in [1.807, 2.05) is 0 Å². The average molecular weight is 545 g/mol. The summed E-state index contributed by atoms with van der Waals surface area (Å²) < 4.78 is 89.5. The Morgan fingerprint density at radius 1 is 1.12 bits per heavy atom. The molecule has 0 bridgehead atoms. The summed E-state index contributed by atoms with van der Waals surface area (Å²) in [5.41, 5.74) is -5.70. The van der Waals surface area contributed by atoms with Gasteiger partial charge in [0.25, 0.3) is 9.84 Å². The molecule has 0 radical (unpaired) electrons. The second-order valence-corrected chi connectivity index (χ2v) is 12.5. The highest BCUT2D eigenvalue weighted by Gasteiger charge is 2.48. The minimum atomic E-state index is -5.93. The predicted molar refractivity (Wildman–Crippen MR) is 118 cm³/mol.